The lowest BCUT2D eigenvalue weighted by Crippen LogP contribution is -2.34. The van der Waals surface area contributed by atoms with E-state index in [1.165, 1.54) is 6.33 Å². The van der Waals surface area contributed by atoms with Crippen molar-refractivity contribution in [1.29, 1.82) is 5.26 Å². The fraction of sp³-hybridized carbons (Fsp3) is 0.647. The fourth-order valence-corrected chi connectivity index (χ4v) is 4.64. The molecule has 1 atom stereocenters. The average Bonchev–Trinajstić information content (AvgIpc) is 3.09. The van der Waals surface area contributed by atoms with Crippen molar-refractivity contribution in [3.63, 3.8) is 0 Å². The van der Waals surface area contributed by atoms with Gasteiger partial charge in [0.1, 0.15) is 11.8 Å². The minimum atomic E-state index is -3.14. The predicted molar refractivity (Wildman–Crippen MR) is 107 cm³/mol. The highest BCUT2D eigenvalue weighted by Crippen LogP contribution is 2.47. The van der Waals surface area contributed by atoms with Gasteiger partial charge in [-0.05, 0) is 20.8 Å². The number of nitriles is 1. The number of aromatic nitrogens is 4. The Hall–Kier alpha value is -1.56. The van der Waals surface area contributed by atoms with E-state index in [1.807, 2.05) is 11.5 Å². The summed E-state index contributed by atoms with van der Waals surface area (Å²) in [5.41, 5.74) is 1.21. The average molecular weight is 429 g/mol. The molecule has 0 aliphatic carbocycles. The van der Waals surface area contributed by atoms with Gasteiger partial charge in [0.05, 0.1) is 37.7 Å². The minimum absolute atomic E-state index is 0.158. The van der Waals surface area contributed by atoms with Crippen LogP contribution < -0.4 is 0 Å². The van der Waals surface area contributed by atoms with Gasteiger partial charge < -0.3 is 13.6 Å². The van der Waals surface area contributed by atoms with E-state index in [0.717, 1.165) is 0 Å². The number of rotatable bonds is 12. The zero-order valence-corrected chi connectivity index (χ0v) is 18.1. The van der Waals surface area contributed by atoms with Crippen molar-refractivity contribution < 1.29 is 13.6 Å². The van der Waals surface area contributed by atoms with Crippen molar-refractivity contribution in [3.05, 3.63) is 17.8 Å². The van der Waals surface area contributed by atoms with Crippen LogP contribution in [0, 0.1) is 17.2 Å². The second kappa shape index (κ2) is 10.8. The SMILES string of the molecule is CCOP(=O)(CCN(CCn1cnc2c(Cl)ncnc21)CC(C)C#N)OCC. The normalized spacial score (nSPS) is 13.1. The monoisotopic (exact) mass is 428 g/mol. The predicted octanol–water partition coefficient (Wildman–Crippen LogP) is 3.21. The summed E-state index contributed by atoms with van der Waals surface area (Å²) in [6.45, 7) is 8.35. The Kier molecular flexibility index (Phi) is 8.80. The van der Waals surface area contributed by atoms with Crippen LogP contribution in [0.4, 0.5) is 0 Å². The van der Waals surface area contributed by atoms with Crippen LogP contribution in [0.2, 0.25) is 5.15 Å². The van der Waals surface area contributed by atoms with E-state index >= 15 is 0 Å². The molecule has 11 heteroatoms. The first kappa shape index (κ1) is 22.7. The van der Waals surface area contributed by atoms with Crippen LogP contribution in [0.3, 0.4) is 0 Å². The first-order valence-electron chi connectivity index (χ1n) is 9.23. The summed E-state index contributed by atoms with van der Waals surface area (Å²) in [4.78, 5) is 14.5. The van der Waals surface area contributed by atoms with Gasteiger partial charge in [-0.3, -0.25) is 9.46 Å². The highest BCUT2D eigenvalue weighted by molar-refractivity contribution is 7.53. The molecule has 0 radical (unpaired) electrons. The standard InChI is InChI=1S/C17H26ClN6O3P/c1-4-26-28(25,27-5-2)9-8-23(11-14(3)10-19)6-7-24-13-22-15-16(18)20-12-21-17(15)24/h12-14H,4-9,11H2,1-3H3. The van der Waals surface area contributed by atoms with Crippen molar-refractivity contribution >= 4 is 30.4 Å². The van der Waals surface area contributed by atoms with E-state index in [0.29, 0.717) is 55.7 Å². The molecule has 0 amide bonds. The summed E-state index contributed by atoms with van der Waals surface area (Å²) < 4.78 is 25.4. The quantitative estimate of drug-likeness (QED) is 0.374. The van der Waals surface area contributed by atoms with Crippen LogP contribution in [0.15, 0.2) is 12.7 Å². The highest BCUT2D eigenvalue weighted by Gasteiger charge is 2.25. The van der Waals surface area contributed by atoms with Gasteiger partial charge in [0, 0.05) is 26.2 Å². The Labute approximate surface area is 170 Å². The van der Waals surface area contributed by atoms with Gasteiger partial charge in [0.25, 0.3) is 0 Å². The highest BCUT2D eigenvalue weighted by atomic mass is 35.5. The van der Waals surface area contributed by atoms with Crippen LogP contribution in [0.5, 0.6) is 0 Å². The Bertz CT molecular complexity index is 845. The van der Waals surface area contributed by atoms with Gasteiger partial charge in [-0.25, -0.2) is 15.0 Å². The lowest BCUT2D eigenvalue weighted by Gasteiger charge is -2.25. The molecule has 2 aromatic heterocycles. The molecular weight excluding hydrogens is 403 g/mol. The third-order valence-electron chi connectivity index (χ3n) is 4.11. The van der Waals surface area contributed by atoms with Crippen molar-refractivity contribution in [2.45, 2.75) is 27.3 Å². The maximum atomic E-state index is 12.7. The van der Waals surface area contributed by atoms with Crippen LogP contribution in [0.25, 0.3) is 11.2 Å². The third kappa shape index (κ3) is 6.23. The largest absolute Gasteiger partial charge is 0.331 e. The van der Waals surface area contributed by atoms with Crippen molar-refractivity contribution in [1.82, 2.24) is 24.4 Å². The summed E-state index contributed by atoms with van der Waals surface area (Å²) in [5.74, 6) is -0.158. The van der Waals surface area contributed by atoms with E-state index in [2.05, 4.69) is 25.9 Å². The molecule has 0 saturated heterocycles. The van der Waals surface area contributed by atoms with Crippen LogP contribution in [0.1, 0.15) is 20.8 Å². The molecule has 0 fully saturated rings. The zero-order chi connectivity index (χ0) is 20.6. The molecule has 1 unspecified atom stereocenters. The van der Waals surface area contributed by atoms with Gasteiger partial charge >= 0.3 is 7.60 Å². The molecule has 154 valence electrons. The van der Waals surface area contributed by atoms with E-state index < -0.39 is 7.60 Å². The number of nitrogens with zero attached hydrogens (tertiary/aromatic N) is 6. The number of hydrogen-bond acceptors (Lipinski definition) is 8. The number of hydrogen-bond donors (Lipinski definition) is 0. The second-order valence-electron chi connectivity index (χ2n) is 6.28. The van der Waals surface area contributed by atoms with Gasteiger partial charge in [-0.15, -0.1) is 0 Å². The first-order chi connectivity index (χ1) is 13.4. The zero-order valence-electron chi connectivity index (χ0n) is 16.4. The van der Waals surface area contributed by atoms with Crippen molar-refractivity contribution in [2.24, 2.45) is 5.92 Å². The van der Waals surface area contributed by atoms with E-state index in [4.69, 9.17) is 20.6 Å². The molecule has 2 rings (SSSR count). The molecule has 0 N–H and O–H groups in total. The molecule has 0 bridgehead atoms. The topological polar surface area (TPSA) is 106 Å². The van der Waals surface area contributed by atoms with Crippen LogP contribution >= 0.6 is 19.2 Å². The van der Waals surface area contributed by atoms with Crippen molar-refractivity contribution in [3.8, 4) is 6.07 Å². The summed E-state index contributed by atoms with van der Waals surface area (Å²) in [7, 11) is -3.14. The van der Waals surface area contributed by atoms with Gasteiger partial charge in [0.15, 0.2) is 10.8 Å². The van der Waals surface area contributed by atoms with Crippen molar-refractivity contribution in [2.75, 3.05) is 39.0 Å². The first-order valence-corrected chi connectivity index (χ1v) is 11.3. The molecular formula is C17H26ClN6O3P. The minimum Gasteiger partial charge on any atom is -0.314 e. The molecule has 2 heterocycles. The summed E-state index contributed by atoms with van der Waals surface area (Å²) in [6, 6.07) is 2.24. The number of fused-ring (bicyclic) bond motifs is 1. The maximum Gasteiger partial charge on any atom is 0.331 e. The van der Waals surface area contributed by atoms with Gasteiger partial charge in [-0.1, -0.05) is 11.6 Å². The van der Waals surface area contributed by atoms with E-state index in [9.17, 15) is 9.83 Å². The lowest BCUT2D eigenvalue weighted by atomic mass is 10.2. The number of imidazole rings is 1. The Morgan fingerprint density at radius 2 is 2.00 bits per heavy atom. The second-order valence-corrected chi connectivity index (χ2v) is 8.82. The third-order valence-corrected chi connectivity index (χ3v) is 6.44. The molecule has 9 nitrogen and oxygen atoms in total. The molecule has 0 aromatic carbocycles. The van der Waals surface area contributed by atoms with Gasteiger partial charge in [0.2, 0.25) is 0 Å². The smallest absolute Gasteiger partial charge is 0.314 e. The summed E-state index contributed by atoms with van der Waals surface area (Å²) in [6.07, 6.45) is 3.34. The fourth-order valence-electron chi connectivity index (χ4n) is 2.81. The molecule has 2 aromatic rings. The van der Waals surface area contributed by atoms with Gasteiger partial charge in [-0.2, -0.15) is 5.26 Å². The molecule has 0 saturated carbocycles. The molecule has 28 heavy (non-hydrogen) atoms. The molecule has 0 aliphatic heterocycles. The maximum absolute atomic E-state index is 12.7. The Morgan fingerprint density at radius 3 is 2.64 bits per heavy atom. The van der Waals surface area contributed by atoms with E-state index in [-0.39, 0.29) is 12.1 Å². The molecule has 0 aliphatic rings. The van der Waals surface area contributed by atoms with Crippen LogP contribution in [-0.2, 0) is 20.2 Å². The summed E-state index contributed by atoms with van der Waals surface area (Å²) >= 11 is 6.05. The Morgan fingerprint density at radius 1 is 1.29 bits per heavy atom. The van der Waals surface area contributed by atoms with Crippen LogP contribution in [-0.4, -0.2) is 63.4 Å². The summed E-state index contributed by atoms with van der Waals surface area (Å²) in [5, 5.41) is 9.49. The van der Waals surface area contributed by atoms with E-state index in [1.54, 1.807) is 20.2 Å². The molecule has 0 spiro atoms. The number of halogens is 1. The Balaban J connectivity index is 2.07. The lowest BCUT2D eigenvalue weighted by molar-refractivity contribution is 0.208.